The second kappa shape index (κ2) is 8.20. The second-order valence-electron chi connectivity index (χ2n) is 7.86. The molecule has 0 amide bonds. The molecule has 7 heteroatoms. The molecule has 0 spiro atoms. The van der Waals surface area contributed by atoms with Crippen LogP contribution in [0, 0.1) is 0 Å². The van der Waals surface area contributed by atoms with E-state index in [1.54, 1.807) is 0 Å². The summed E-state index contributed by atoms with van der Waals surface area (Å²) >= 11 is 5.96. The molecule has 4 heterocycles. The standard InChI is InChI=1S/C23H23ClN4O2/c24-16-6-4-15(5-7-16)21-9-8-17(30-21)13-28-12-10-19-18(14-28)23(29)27-22(26-19)20-3-1-2-11-25-20/h4-9H,1-3,10-14H2,(H,26,27,29). The fourth-order valence-corrected chi connectivity index (χ4v) is 4.22. The molecule has 1 aromatic carbocycles. The van der Waals surface area contributed by atoms with Gasteiger partial charge in [0.15, 0.2) is 5.82 Å². The lowest BCUT2D eigenvalue weighted by molar-refractivity contribution is 0.223. The van der Waals surface area contributed by atoms with Crippen molar-refractivity contribution in [2.24, 2.45) is 4.99 Å². The van der Waals surface area contributed by atoms with Crippen molar-refractivity contribution in [2.45, 2.75) is 38.8 Å². The first-order valence-corrected chi connectivity index (χ1v) is 10.8. The zero-order valence-electron chi connectivity index (χ0n) is 16.7. The van der Waals surface area contributed by atoms with Gasteiger partial charge in [0, 0.05) is 36.6 Å². The lowest BCUT2D eigenvalue weighted by atomic mass is 10.1. The smallest absolute Gasteiger partial charge is 0.255 e. The summed E-state index contributed by atoms with van der Waals surface area (Å²) < 4.78 is 6.03. The molecule has 0 fully saturated rings. The maximum absolute atomic E-state index is 12.7. The van der Waals surface area contributed by atoms with Crippen LogP contribution in [0.5, 0.6) is 0 Å². The molecule has 0 bridgehead atoms. The number of hydrogen-bond donors (Lipinski definition) is 1. The summed E-state index contributed by atoms with van der Waals surface area (Å²) in [5, 5.41) is 0.704. The quantitative estimate of drug-likeness (QED) is 0.683. The summed E-state index contributed by atoms with van der Waals surface area (Å²) in [7, 11) is 0. The molecule has 0 saturated heterocycles. The summed E-state index contributed by atoms with van der Waals surface area (Å²) in [5.74, 6) is 2.35. The minimum Gasteiger partial charge on any atom is -0.460 e. The molecule has 1 N–H and O–H groups in total. The van der Waals surface area contributed by atoms with Crippen molar-refractivity contribution in [1.29, 1.82) is 0 Å². The van der Waals surface area contributed by atoms with Gasteiger partial charge in [0.2, 0.25) is 0 Å². The van der Waals surface area contributed by atoms with E-state index in [2.05, 4.69) is 14.9 Å². The molecule has 2 aliphatic rings. The van der Waals surface area contributed by atoms with E-state index < -0.39 is 0 Å². The summed E-state index contributed by atoms with van der Waals surface area (Å²) in [4.78, 5) is 27.2. The number of nitrogens with zero attached hydrogens (tertiary/aromatic N) is 3. The van der Waals surface area contributed by atoms with Crippen LogP contribution in [0.15, 0.2) is 50.6 Å². The maximum Gasteiger partial charge on any atom is 0.255 e. The Bertz CT molecular complexity index is 1150. The highest BCUT2D eigenvalue weighted by Crippen LogP contribution is 2.25. The Hall–Kier alpha value is -2.70. The number of aliphatic imine (C=N–C) groups is 1. The molecule has 6 nitrogen and oxygen atoms in total. The average Bonchev–Trinajstić information content (AvgIpc) is 3.23. The molecule has 0 atom stereocenters. The molecule has 2 aliphatic heterocycles. The number of H-pyrrole nitrogens is 1. The zero-order valence-corrected chi connectivity index (χ0v) is 17.4. The number of aromatic amines is 1. The van der Waals surface area contributed by atoms with Gasteiger partial charge < -0.3 is 9.40 Å². The van der Waals surface area contributed by atoms with Gasteiger partial charge in [-0.1, -0.05) is 11.6 Å². The fourth-order valence-electron chi connectivity index (χ4n) is 4.10. The highest BCUT2D eigenvalue weighted by molar-refractivity contribution is 6.30. The first kappa shape index (κ1) is 19.3. The lowest BCUT2D eigenvalue weighted by Gasteiger charge is -2.27. The number of rotatable bonds is 4. The summed E-state index contributed by atoms with van der Waals surface area (Å²) in [6, 6.07) is 11.6. The summed E-state index contributed by atoms with van der Waals surface area (Å²) in [6.45, 7) is 2.89. The SMILES string of the molecule is O=c1[nH]c(C2=NCCCC2)nc2c1CN(Cc1ccc(-c3ccc(Cl)cc3)o1)CC2. The van der Waals surface area contributed by atoms with E-state index >= 15 is 0 Å². The number of aromatic nitrogens is 2. The third-order valence-electron chi connectivity index (χ3n) is 5.72. The Labute approximate surface area is 179 Å². The third-order valence-corrected chi connectivity index (χ3v) is 5.97. The van der Waals surface area contributed by atoms with Crippen molar-refractivity contribution in [3.63, 3.8) is 0 Å². The molecule has 5 rings (SSSR count). The highest BCUT2D eigenvalue weighted by atomic mass is 35.5. The van der Waals surface area contributed by atoms with Gasteiger partial charge in [0.05, 0.1) is 23.5 Å². The van der Waals surface area contributed by atoms with Crippen LogP contribution in [-0.4, -0.2) is 33.7 Å². The van der Waals surface area contributed by atoms with Gasteiger partial charge in [-0.2, -0.15) is 0 Å². The number of furan rings is 1. The van der Waals surface area contributed by atoms with E-state index in [0.717, 1.165) is 72.8 Å². The van der Waals surface area contributed by atoms with Crippen LogP contribution in [0.25, 0.3) is 11.3 Å². The van der Waals surface area contributed by atoms with Gasteiger partial charge in [-0.25, -0.2) is 4.98 Å². The van der Waals surface area contributed by atoms with Crippen molar-refractivity contribution >= 4 is 17.3 Å². The number of fused-ring (bicyclic) bond motifs is 1. The predicted molar refractivity (Wildman–Crippen MR) is 117 cm³/mol. The first-order valence-electron chi connectivity index (χ1n) is 10.4. The Morgan fingerprint density at radius 2 is 1.97 bits per heavy atom. The molecule has 0 unspecified atom stereocenters. The molecule has 3 aromatic rings. The minimum absolute atomic E-state index is 0.0470. The van der Waals surface area contributed by atoms with E-state index in [1.165, 1.54) is 0 Å². The van der Waals surface area contributed by atoms with E-state index in [4.69, 9.17) is 21.0 Å². The summed E-state index contributed by atoms with van der Waals surface area (Å²) in [6.07, 6.45) is 3.86. The van der Waals surface area contributed by atoms with Crippen molar-refractivity contribution < 1.29 is 4.42 Å². The Morgan fingerprint density at radius 3 is 2.77 bits per heavy atom. The zero-order chi connectivity index (χ0) is 20.5. The van der Waals surface area contributed by atoms with Crippen molar-refractivity contribution in [2.75, 3.05) is 13.1 Å². The van der Waals surface area contributed by atoms with Gasteiger partial charge in [0.1, 0.15) is 11.5 Å². The van der Waals surface area contributed by atoms with E-state index in [9.17, 15) is 4.79 Å². The monoisotopic (exact) mass is 422 g/mol. The van der Waals surface area contributed by atoms with Crippen LogP contribution >= 0.6 is 11.6 Å². The molecular formula is C23H23ClN4O2. The lowest BCUT2D eigenvalue weighted by Crippen LogP contribution is -2.36. The second-order valence-corrected chi connectivity index (χ2v) is 8.30. The van der Waals surface area contributed by atoms with Gasteiger partial charge in [0.25, 0.3) is 5.56 Å². The fraction of sp³-hybridized carbons (Fsp3) is 0.348. The van der Waals surface area contributed by atoms with E-state index in [0.29, 0.717) is 23.9 Å². The van der Waals surface area contributed by atoms with Crippen LogP contribution in [0.4, 0.5) is 0 Å². The highest BCUT2D eigenvalue weighted by Gasteiger charge is 2.23. The number of benzene rings is 1. The van der Waals surface area contributed by atoms with E-state index in [1.807, 2.05) is 36.4 Å². The Balaban J connectivity index is 1.31. The Morgan fingerprint density at radius 1 is 1.10 bits per heavy atom. The molecule has 0 aliphatic carbocycles. The Kier molecular flexibility index (Phi) is 5.27. The normalized spacial score (nSPS) is 16.9. The van der Waals surface area contributed by atoms with Gasteiger partial charge >= 0.3 is 0 Å². The average molecular weight is 423 g/mol. The topological polar surface area (TPSA) is 74.5 Å². The van der Waals surface area contributed by atoms with Gasteiger partial charge in [-0.15, -0.1) is 0 Å². The molecule has 0 saturated carbocycles. The number of halogens is 1. The third kappa shape index (κ3) is 3.98. The maximum atomic E-state index is 12.7. The van der Waals surface area contributed by atoms with E-state index in [-0.39, 0.29) is 5.56 Å². The number of nitrogens with one attached hydrogen (secondary N) is 1. The summed E-state index contributed by atoms with van der Waals surface area (Å²) in [5.41, 5.74) is 3.54. The molecule has 154 valence electrons. The predicted octanol–water partition coefficient (Wildman–Crippen LogP) is 4.21. The first-order chi connectivity index (χ1) is 14.7. The molecule has 30 heavy (non-hydrogen) atoms. The van der Waals surface area contributed by atoms with Gasteiger partial charge in [-0.3, -0.25) is 14.7 Å². The van der Waals surface area contributed by atoms with Crippen molar-refractivity contribution in [3.05, 3.63) is 74.6 Å². The molecular weight excluding hydrogens is 400 g/mol. The minimum atomic E-state index is -0.0470. The van der Waals surface area contributed by atoms with Crippen LogP contribution in [-0.2, 0) is 19.5 Å². The van der Waals surface area contributed by atoms with Crippen molar-refractivity contribution in [1.82, 2.24) is 14.9 Å². The van der Waals surface area contributed by atoms with Crippen LogP contribution in [0.3, 0.4) is 0 Å². The molecule has 2 aromatic heterocycles. The number of hydrogen-bond acceptors (Lipinski definition) is 5. The van der Waals surface area contributed by atoms with Crippen LogP contribution in [0.2, 0.25) is 5.02 Å². The van der Waals surface area contributed by atoms with Crippen molar-refractivity contribution in [3.8, 4) is 11.3 Å². The van der Waals surface area contributed by atoms with Gasteiger partial charge in [-0.05, 0) is 55.7 Å². The van der Waals surface area contributed by atoms with Crippen LogP contribution in [0.1, 0.15) is 42.1 Å². The largest absolute Gasteiger partial charge is 0.460 e. The van der Waals surface area contributed by atoms with Crippen LogP contribution < -0.4 is 5.56 Å². The molecule has 0 radical (unpaired) electrons.